The van der Waals surface area contributed by atoms with Crippen molar-refractivity contribution >= 4 is 39.6 Å². The van der Waals surface area contributed by atoms with Crippen molar-refractivity contribution < 1.29 is 18.7 Å². The maximum absolute atomic E-state index is 14.6. The number of aromatic amines is 1. The first-order valence-electron chi connectivity index (χ1n) is 11.2. The van der Waals surface area contributed by atoms with Crippen molar-refractivity contribution in [3.63, 3.8) is 0 Å². The van der Waals surface area contributed by atoms with Crippen LogP contribution in [0, 0.1) is 12.7 Å². The van der Waals surface area contributed by atoms with Crippen molar-refractivity contribution in [3.8, 4) is 11.3 Å². The zero-order chi connectivity index (χ0) is 26.1. The van der Waals surface area contributed by atoms with Crippen molar-refractivity contribution in [2.24, 2.45) is 0 Å². The van der Waals surface area contributed by atoms with Crippen LogP contribution in [0.25, 0.3) is 33.1 Å². The molecule has 184 valence electrons. The number of carbonyl (C=O) groups is 2. The second-order valence-electron chi connectivity index (χ2n) is 8.13. The number of H-pyrrole nitrogens is 1. The summed E-state index contributed by atoms with van der Waals surface area (Å²) in [6.07, 6.45) is 0. The van der Waals surface area contributed by atoms with Crippen LogP contribution in [-0.2, 0) is 4.74 Å². The van der Waals surface area contributed by atoms with E-state index in [1.165, 1.54) is 25.3 Å². The molecule has 0 atom stereocenters. The lowest BCUT2D eigenvalue weighted by atomic mass is 10.0. The van der Waals surface area contributed by atoms with Crippen LogP contribution in [0.1, 0.15) is 26.4 Å². The van der Waals surface area contributed by atoms with Crippen LogP contribution in [0.4, 0.5) is 10.3 Å². The molecule has 5 aromatic rings. The van der Waals surface area contributed by atoms with Gasteiger partial charge in [0, 0.05) is 21.9 Å². The topological polar surface area (TPSA) is 126 Å². The lowest BCUT2D eigenvalue weighted by molar-refractivity contribution is 0.0599. The number of aryl methyl sites for hydroxylation is 1. The first-order chi connectivity index (χ1) is 17.9. The van der Waals surface area contributed by atoms with Crippen molar-refractivity contribution in [2.45, 2.75) is 6.92 Å². The van der Waals surface area contributed by atoms with Crippen LogP contribution in [0.2, 0.25) is 0 Å². The van der Waals surface area contributed by atoms with Gasteiger partial charge in [-0.15, -0.1) is 0 Å². The van der Waals surface area contributed by atoms with Gasteiger partial charge in [-0.2, -0.15) is 0 Å². The predicted molar refractivity (Wildman–Crippen MR) is 137 cm³/mol. The number of ether oxygens (including phenoxy) is 1. The lowest BCUT2D eigenvalue weighted by Crippen LogP contribution is -2.31. The third-order valence-corrected chi connectivity index (χ3v) is 5.88. The minimum atomic E-state index is -0.724. The molecular weight excluding hydrogens is 477 g/mol. The zero-order valence-corrected chi connectivity index (χ0v) is 19.8. The molecule has 0 aliphatic rings. The van der Waals surface area contributed by atoms with E-state index in [0.717, 1.165) is 0 Å². The Morgan fingerprint density at radius 2 is 1.68 bits per heavy atom. The highest BCUT2D eigenvalue weighted by molar-refractivity contribution is 6.08. The molecule has 0 saturated carbocycles. The molecule has 0 unspecified atom stereocenters. The fourth-order valence-electron chi connectivity index (χ4n) is 4.14. The highest BCUT2D eigenvalue weighted by Gasteiger charge is 2.23. The van der Waals surface area contributed by atoms with E-state index >= 15 is 0 Å². The molecule has 0 aliphatic carbocycles. The number of methoxy groups -OCH3 is 1. The highest BCUT2D eigenvalue weighted by atomic mass is 19.1. The van der Waals surface area contributed by atoms with Crippen molar-refractivity contribution in [3.05, 3.63) is 99.6 Å². The number of nitrogens with one attached hydrogen (secondary N) is 3. The van der Waals surface area contributed by atoms with Crippen LogP contribution in [0.15, 0.2) is 71.5 Å². The van der Waals surface area contributed by atoms with Crippen LogP contribution >= 0.6 is 0 Å². The number of amides is 1. The third-order valence-electron chi connectivity index (χ3n) is 5.88. The number of benzene rings is 3. The minimum absolute atomic E-state index is 0.00276. The summed E-state index contributed by atoms with van der Waals surface area (Å²) in [4.78, 5) is 50.1. The number of rotatable bonds is 5. The molecule has 10 heteroatoms. The first kappa shape index (κ1) is 23.6. The van der Waals surface area contributed by atoms with Gasteiger partial charge in [-0.05, 0) is 43.3 Å². The minimum Gasteiger partial charge on any atom is -0.465 e. The lowest BCUT2D eigenvalue weighted by Gasteiger charge is -2.14. The van der Waals surface area contributed by atoms with Gasteiger partial charge >= 0.3 is 5.97 Å². The number of hydrazine groups is 1. The number of hydrogen-bond donors (Lipinski definition) is 3. The van der Waals surface area contributed by atoms with E-state index in [9.17, 15) is 18.8 Å². The van der Waals surface area contributed by atoms with Gasteiger partial charge in [-0.25, -0.2) is 19.2 Å². The van der Waals surface area contributed by atoms with E-state index in [4.69, 9.17) is 4.74 Å². The smallest absolute Gasteiger partial charge is 0.341 e. The molecule has 0 fully saturated rings. The summed E-state index contributed by atoms with van der Waals surface area (Å²) in [6, 6.07) is 17.7. The summed E-state index contributed by atoms with van der Waals surface area (Å²) < 4.78 is 19.4. The molecule has 2 heterocycles. The van der Waals surface area contributed by atoms with Gasteiger partial charge in [0.15, 0.2) is 5.43 Å². The van der Waals surface area contributed by atoms with Gasteiger partial charge < -0.3 is 9.72 Å². The Balaban J connectivity index is 1.51. The molecule has 3 aromatic carbocycles. The molecule has 9 nitrogen and oxygen atoms in total. The van der Waals surface area contributed by atoms with Gasteiger partial charge in [0.05, 0.1) is 29.6 Å². The number of aromatic nitrogens is 3. The number of para-hydroxylation sites is 2. The Bertz CT molecular complexity index is 1770. The second-order valence-corrected chi connectivity index (χ2v) is 8.13. The third kappa shape index (κ3) is 4.25. The van der Waals surface area contributed by atoms with Gasteiger partial charge in [-0.3, -0.25) is 20.4 Å². The van der Waals surface area contributed by atoms with Crippen LogP contribution < -0.4 is 16.3 Å². The molecule has 5 rings (SSSR count). The number of halogens is 1. The number of anilines is 1. The summed E-state index contributed by atoms with van der Waals surface area (Å²) >= 11 is 0. The van der Waals surface area contributed by atoms with E-state index in [0.29, 0.717) is 21.8 Å². The molecule has 0 radical (unpaired) electrons. The Morgan fingerprint density at radius 3 is 2.46 bits per heavy atom. The van der Waals surface area contributed by atoms with Crippen molar-refractivity contribution in [1.82, 2.24) is 20.4 Å². The first-order valence-corrected chi connectivity index (χ1v) is 11.2. The number of hydrogen-bond acceptors (Lipinski definition) is 7. The summed E-state index contributed by atoms with van der Waals surface area (Å²) in [5.74, 6) is -1.95. The van der Waals surface area contributed by atoms with E-state index < -0.39 is 17.7 Å². The molecule has 1 amide bonds. The Hall–Kier alpha value is -5.12. The number of esters is 1. The summed E-state index contributed by atoms with van der Waals surface area (Å²) in [5, 5.41) is 0.878. The van der Waals surface area contributed by atoms with Crippen LogP contribution in [0.3, 0.4) is 0 Å². The number of nitrogens with zero attached hydrogens (tertiary/aromatic N) is 2. The molecular formula is C27H20FN5O4. The zero-order valence-electron chi connectivity index (χ0n) is 19.8. The largest absolute Gasteiger partial charge is 0.465 e. The maximum atomic E-state index is 14.6. The van der Waals surface area contributed by atoms with Crippen LogP contribution in [-0.4, -0.2) is 33.9 Å². The highest BCUT2D eigenvalue weighted by Crippen LogP contribution is 2.28. The normalized spacial score (nSPS) is 10.9. The number of carbonyl (C=O) groups excluding carboxylic acids is 2. The average Bonchev–Trinajstić information content (AvgIpc) is 2.91. The fraction of sp³-hybridized carbons (Fsp3) is 0.0741. The molecule has 2 aromatic heterocycles. The Morgan fingerprint density at radius 1 is 0.946 bits per heavy atom. The summed E-state index contributed by atoms with van der Waals surface area (Å²) in [5.41, 5.74) is 6.43. The Labute approximate surface area is 209 Å². The van der Waals surface area contributed by atoms with E-state index in [1.807, 2.05) is 0 Å². The number of pyridine rings is 1. The molecule has 0 spiro atoms. The summed E-state index contributed by atoms with van der Waals surface area (Å²) in [7, 11) is 1.21. The quantitative estimate of drug-likeness (QED) is 0.189. The van der Waals surface area contributed by atoms with Crippen molar-refractivity contribution in [1.29, 1.82) is 0 Å². The Kier molecular flexibility index (Phi) is 6.06. The fourth-order valence-corrected chi connectivity index (χ4v) is 4.14. The monoisotopic (exact) mass is 497 g/mol. The predicted octanol–water partition coefficient (Wildman–Crippen LogP) is 4.13. The maximum Gasteiger partial charge on any atom is 0.341 e. The molecule has 37 heavy (non-hydrogen) atoms. The van der Waals surface area contributed by atoms with Gasteiger partial charge in [-0.1, -0.05) is 30.3 Å². The van der Waals surface area contributed by atoms with E-state index in [2.05, 4.69) is 25.8 Å². The van der Waals surface area contributed by atoms with Gasteiger partial charge in [0.2, 0.25) is 5.95 Å². The summed E-state index contributed by atoms with van der Waals surface area (Å²) in [6.45, 7) is 1.55. The van der Waals surface area contributed by atoms with Crippen LogP contribution in [0.5, 0.6) is 0 Å². The second kappa shape index (κ2) is 9.50. The molecule has 0 aliphatic heterocycles. The standard InChI is InChI=1S/C27H20FN5O4/c1-14-21(26(36)37-2)23(15-8-3-5-12-19(15)28)31-27(29-14)33-32-25(35)18-11-7-10-17-22(18)30-20-13-6-4-9-16(20)24(17)34/h3-13H,1-2H3,(H,30,34)(H,32,35)(H,29,31,33). The molecule has 3 N–H and O–H groups in total. The number of fused-ring (bicyclic) bond motifs is 2. The van der Waals surface area contributed by atoms with E-state index in [1.54, 1.807) is 55.5 Å². The molecule has 0 saturated heterocycles. The van der Waals surface area contributed by atoms with Gasteiger partial charge in [0.1, 0.15) is 11.4 Å². The average molecular weight is 497 g/mol. The van der Waals surface area contributed by atoms with Gasteiger partial charge in [0.25, 0.3) is 5.91 Å². The van der Waals surface area contributed by atoms with E-state index in [-0.39, 0.29) is 39.5 Å². The van der Waals surface area contributed by atoms with Crippen molar-refractivity contribution in [2.75, 3.05) is 12.5 Å². The molecule has 0 bridgehead atoms. The SMILES string of the molecule is COC(=O)c1c(C)nc(NNC(=O)c2cccc3c(=O)c4ccccc4[nH]c23)nc1-c1ccccc1F.